The van der Waals surface area contributed by atoms with Gasteiger partial charge in [-0.15, -0.1) is 0 Å². The number of ketones is 1. The second-order valence-corrected chi connectivity index (χ2v) is 7.86. The van der Waals surface area contributed by atoms with E-state index >= 15 is 0 Å². The fraction of sp³-hybridized carbons (Fsp3) is 0.0455. The van der Waals surface area contributed by atoms with E-state index in [0.717, 1.165) is 5.56 Å². The highest BCUT2D eigenvalue weighted by Crippen LogP contribution is 2.24. The number of phenolic OH excluding ortho intramolecular Hbond substituents is 2. The van der Waals surface area contributed by atoms with Crippen molar-refractivity contribution >= 4 is 22.0 Å². The molecule has 29 heavy (non-hydrogen) atoms. The molecule has 3 rings (SSSR count). The van der Waals surface area contributed by atoms with Crippen molar-refractivity contribution in [3.05, 3.63) is 89.5 Å². The second-order valence-electron chi connectivity index (χ2n) is 6.32. The summed E-state index contributed by atoms with van der Waals surface area (Å²) in [7, 11) is -3.96. The van der Waals surface area contributed by atoms with Gasteiger partial charge in [0.25, 0.3) is 0 Å². The number of aryl methyl sites for hydroxylation is 1. The molecule has 0 aliphatic carbocycles. The Labute approximate surface area is 168 Å². The highest BCUT2D eigenvalue weighted by Gasteiger charge is 2.16. The minimum Gasteiger partial charge on any atom is -0.508 e. The summed E-state index contributed by atoms with van der Waals surface area (Å²) in [5.41, 5.74) is 1.63. The summed E-state index contributed by atoms with van der Waals surface area (Å²) in [5, 5.41) is 19.0. The summed E-state index contributed by atoms with van der Waals surface area (Å²) in [6.45, 7) is 1.85. The van der Waals surface area contributed by atoms with Crippen LogP contribution in [0.2, 0.25) is 0 Å². The maximum Gasteiger partial charge on any atom is 0.339 e. The van der Waals surface area contributed by atoms with E-state index in [0.29, 0.717) is 11.1 Å². The Bertz CT molecular complexity index is 1160. The number of benzene rings is 3. The summed E-state index contributed by atoms with van der Waals surface area (Å²) in [5.74, 6) is -0.492. The van der Waals surface area contributed by atoms with E-state index in [1.807, 2.05) is 6.92 Å². The molecule has 6 nitrogen and oxygen atoms in total. The van der Waals surface area contributed by atoms with Crippen molar-refractivity contribution in [1.29, 1.82) is 0 Å². The molecule has 0 heterocycles. The van der Waals surface area contributed by atoms with Crippen LogP contribution in [0, 0.1) is 6.92 Å². The number of carbonyl (C=O) groups excluding carboxylic acids is 1. The molecule has 2 N–H and O–H groups in total. The average Bonchev–Trinajstić information content (AvgIpc) is 2.68. The van der Waals surface area contributed by atoms with Gasteiger partial charge in [0.2, 0.25) is 0 Å². The van der Waals surface area contributed by atoms with Crippen LogP contribution >= 0.6 is 0 Å². The predicted octanol–water partition coefficient (Wildman–Crippen LogP) is 4.07. The van der Waals surface area contributed by atoms with E-state index in [-0.39, 0.29) is 27.9 Å². The average molecular weight is 410 g/mol. The molecule has 7 heteroatoms. The van der Waals surface area contributed by atoms with Crippen LogP contribution in [-0.4, -0.2) is 24.4 Å². The lowest BCUT2D eigenvalue weighted by Crippen LogP contribution is -2.09. The quantitative estimate of drug-likeness (QED) is 0.361. The third-order valence-electron chi connectivity index (χ3n) is 4.08. The minimum atomic E-state index is -3.96. The molecule has 0 atom stereocenters. The Balaban J connectivity index is 1.71. The first-order valence-corrected chi connectivity index (χ1v) is 10.0. The summed E-state index contributed by atoms with van der Waals surface area (Å²) >= 11 is 0. The van der Waals surface area contributed by atoms with Gasteiger partial charge < -0.3 is 14.4 Å². The van der Waals surface area contributed by atoms with Gasteiger partial charge in [-0.25, -0.2) is 0 Å². The number of hydrogen-bond donors (Lipinski definition) is 2. The van der Waals surface area contributed by atoms with Crippen LogP contribution in [0.25, 0.3) is 6.08 Å². The van der Waals surface area contributed by atoms with Crippen molar-refractivity contribution in [3.63, 3.8) is 0 Å². The Hall–Kier alpha value is -3.58. The summed E-state index contributed by atoms with van der Waals surface area (Å²) < 4.78 is 29.7. The first-order valence-electron chi connectivity index (χ1n) is 8.60. The van der Waals surface area contributed by atoms with E-state index in [2.05, 4.69) is 0 Å². The molecule has 0 amide bonds. The van der Waals surface area contributed by atoms with Gasteiger partial charge in [-0.1, -0.05) is 17.7 Å². The number of aromatic hydroxyl groups is 2. The maximum atomic E-state index is 12.3. The SMILES string of the molecule is Cc1ccc(S(=O)(=O)Oc2ccc(C(=O)/C=C/c3ccc(O)cc3O)cc2)cc1. The zero-order valence-electron chi connectivity index (χ0n) is 15.4. The molecule has 148 valence electrons. The van der Waals surface area contributed by atoms with E-state index in [9.17, 15) is 23.4 Å². The topological polar surface area (TPSA) is 101 Å². The van der Waals surface area contributed by atoms with E-state index in [1.54, 1.807) is 12.1 Å². The van der Waals surface area contributed by atoms with Crippen LogP contribution in [0.3, 0.4) is 0 Å². The summed E-state index contributed by atoms with van der Waals surface area (Å²) in [6.07, 6.45) is 2.69. The maximum absolute atomic E-state index is 12.3. The van der Waals surface area contributed by atoms with Crippen LogP contribution < -0.4 is 4.18 Å². The van der Waals surface area contributed by atoms with Crippen LogP contribution in [0.15, 0.2) is 77.7 Å². The number of carbonyl (C=O) groups is 1. The van der Waals surface area contributed by atoms with Crippen molar-refractivity contribution in [2.75, 3.05) is 0 Å². The number of allylic oxidation sites excluding steroid dienone is 1. The lowest BCUT2D eigenvalue weighted by Gasteiger charge is -2.07. The predicted molar refractivity (Wildman–Crippen MR) is 109 cm³/mol. The van der Waals surface area contributed by atoms with Gasteiger partial charge >= 0.3 is 10.1 Å². The molecule has 0 bridgehead atoms. The zero-order chi connectivity index (χ0) is 21.0. The van der Waals surface area contributed by atoms with Gasteiger partial charge in [0.05, 0.1) is 0 Å². The summed E-state index contributed by atoms with van der Waals surface area (Å²) in [6, 6.07) is 16.0. The van der Waals surface area contributed by atoms with Gasteiger partial charge in [-0.05, 0) is 67.6 Å². The zero-order valence-corrected chi connectivity index (χ0v) is 16.3. The van der Waals surface area contributed by atoms with Gasteiger partial charge in [0, 0.05) is 17.2 Å². The Morgan fingerprint density at radius 1 is 0.931 bits per heavy atom. The highest BCUT2D eigenvalue weighted by atomic mass is 32.2. The third-order valence-corrected chi connectivity index (χ3v) is 5.34. The van der Waals surface area contributed by atoms with E-state index < -0.39 is 10.1 Å². The molecule has 0 fully saturated rings. The molecular formula is C22H18O6S. The standard InChI is InChI=1S/C22H18O6S/c1-15-2-11-20(12-3-15)29(26,27)28-19-9-5-16(6-10-19)21(24)13-7-17-4-8-18(23)14-22(17)25/h2-14,23,25H,1H3/b13-7+. The molecule has 0 radical (unpaired) electrons. The monoisotopic (exact) mass is 410 g/mol. The molecule has 0 aliphatic rings. The van der Waals surface area contributed by atoms with Crippen molar-refractivity contribution < 1.29 is 27.6 Å². The van der Waals surface area contributed by atoms with Crippen molar-refractivity contribution in [1.82, 2.24) is 0 Å². The summed E-state index contributed by atoms with van der Waals surface area (Å²) in [4.78, 5) is 12.3. The molecule has 0 unspecified atom stereocenters. The second kappa shape index (κ2) is 8.20. The van der Waals surface area contributed by atoms with E-state index in [4.69, 9.17) is 4.18 Å². The molecule has 3 aromatic rings. The van der Waals surface area contributed by atoms with Gasteiger partial charge in [0.1, 0.15) is 22.1 Å². The van der Waals surface area contributed by atoms with Gasteiger partial charge in [-0.3, -0.25) is 4.79 Å². The number of rotatable bonds is 6. The van der Waals surface area contributed by atoms with Crippen molar-refractivity contribution in [3.8, 4) is 17.2 Å². The lowest BCUT2D eigenvalue weighted by atomic mass is 10.1. The smallest absolute Gasteiger partial charge is 0.339 e. The van der Waals surface area contributed by atoms with Crippen LogP contribution in [0.1, 0.15) is 21.5 Å². The Morgan fingerprint density at radius 2 is 1.59 bits per heavy atom. The molecular weight excluding hydrogens is 392 g/mol. The fourth-order valence-corrected chi connectivity index (χ4v) is 3.42. The fourth-order valence-electron chi connectivity index (χ4n) is 2.49. The van der Waals surface area contributed by atoms with Gasteiger partial charge in [0.15, 0.2) is 5.78 Å². The molecule has 0 aliphatic heterocycles. The molecule has 0 aromatic heterocycles. The lowest BCUT2D eigenvalue weighted by molar-refractivity contribution is 0.104. The van der Waals surface area contributed by atoms with E-state index in [1.165, 1.54) is 66.7 Å². The molecule has 3 aromatic carbocycles. The van der Waals surface area contributed by atoms with Crippen LogP contribution in [0.4, 0.5) is 0 Å². The Morgan fingerprint density at radius 3 is 2.21 bits per heavy atom. The normalized spacial score (nSPS) is 11.5. The first kappa shape index (κ1) is 20.2. The minimum absolute atomic E-state index is 0.0416. The van der Waals surface area contributed by atoms with Crippen molar-refractivity contribution in [2.45, 2.75) is 11.8 Å². The first-order chi connectivity index (χ1) is 13.7. The molecule has 0 spiro atoms. The third kappa shape index (κ3) is 5.03. The number of phenols is 2. The molecule has 0 saturated carbocycles. The number of hydrogen-bond acceptors (Lipinski definition) is 6. The van der Waals surface area contributed by atoms with Crippen LogP contribution in [0.5, 0.6) is 17.2 Å². The van der Waals surface area contributed by atoms with Crippen molar-refractivity contribution in [2.24, 2.45) is 0 Å². The Kier molecular flexibility index (Phi) is 5.70. The molecule has 0 saturated heterocycles. The van der Waals surface area contributed by atoms with Gasteiger partial charge in [-0.2, -0.15) is 8.42 Å². The highest BCUT2D eigenvalue weighted by molar-refractivity contribution is 7.87. The van der Waals surface area contributed by atoms with Crippen LogP contribution in [-0.2, 0) is 10.1 Å². The largest absolute Gasteiger partial charge is 0.508 e.